The summed E-state index contributed by atoms with van der Waals surface area (Å²) >= 11 is 0. The molecule has 0 unspecified atom stereocenters. The van der Waals surface area contributed by atoms with Gasteiger partial charge in [0, 0.05) is 50.9 Å². The van der Waals surface area contributed by atoms with Gasteiger partial charge in [-0.05, 0) is 29.3 Å². The Labute approximate surface area is 185 Å². The normalized spacial score (nSPS) is 17.1. The van der Waals surface area contributed by atoms with E-state index in [9.17, 15) is 0 Å². The van der Waals surface area contributed by atoms with Gasteiger partial charge in [-0.1, -0.05) is 42.2 Å². The minimum atomic E-state index is 0.714. The Hall–Kier alpha value is -2.94. The topological polar surface area (TPSA) is 28.2 Å². The highest BCUT2D eigenvalue weighted by Gasteiger charge is 2.27. The molecule has 0 bridgehead atoms. The molecule has 2 heterocycles. The fourth-order valence-electron chi connectivity index (χ4n) is 4.44. The molecule has 162 valence electrons. The molecule has 0 atom stereocenters. The molecule has 4 rings (SSSR count). The minimum absolute atomic E-state index is 0.714. The van der Waals surface area contributed by atoms with Crippen LogP contribution in [0.15, 0.2) is 59.8 Å². The summed E-state index contributed by atoms with van der Waals surface area (Å²) in [6.45, 7) is 5.84. The first-order chi connectivity index (χ1) is 15.2. The second kappa shape index (κ2) is 9.91. The largest absolute Gasteiger partial charge is 0.493 e. The number of hydrogen-bond donors (Lipinski definition) is 0. The summed E-state index contributed by atoms with van der Waals surface area (Å²) in [7, 11) is 5.52. The lowest BCUT2D eigenvalue weighted by molar-refractivity contribution is 0.137. The first kappa shape index (κ1) is 21.3. The van der Waals surface area contributed by atoms with Crippen molar-refractivity contribution >= 4 is 0 Å². The molecule has 2 aromatic carbocycles. The second-order valence-electron chi connectivity index (χ2n) is 8.19. The third-order valence-corrected chi connectivity index (χ3v) is 5.94. The highest BCUT2D eigenvalue weighted by atomic mass is 16.5. The van der Waals surface area contributed by atoms with Crippen LogP contribution in [-0.2, 0) is 6.54 Å². The standard InChI is InChI=1S/C26H31N3O2/c1-27-20-29(17-22-8-5-4-6-9-22)19-23-18-28(15-13-24(23)27)14-7-10-21-11-12-25(30-2)26(16-21)31-3/h4-6,8-9,11-12,16H,13-15,17-20H2,1-3H3. The molecule has 0 N–H and O–H groups in total. The molecule has 0 saturated heterocycles. The van der Waals surface area contributed by atoms with E-state index < -0.39 is 0 Å². The summed E-state index contributed by atoms with van der Waals surface area (Å²) < 4.78 is 10.7. The molecule has 5 heteroatoms. The van der Waals surface area contributed by atoms with Crippen molar-refractivity contribution in [1.82, 2.24) is 14.7 Å². The smallest absolute Gasteiger partial charge is 0.161 e. The number of nitrogens with zero attached hydrogens (tertiary/aromatic N) is 3. The van der Waals surface area contributed by atoms with Crippen molar-refractivity contribution in [2.75, 3.05) is 54.1 Å². The van der Waals surface area contributed by atoms with E-state index in [1.165, 1.54) is 16.8 Å². The summed E-state index contributed by atoms with van der Waals surface area (Å²) in [4.78, 5) is 7.40. The van der Waals surface area contributed by atoms with Gasteiger partial charge in [0.25, 0.3) is 0 Å². The van der Waals surface area contributed by atoms with Crippen molar-refractivity contribution in [2.45, 2.75) is 13.0 Å². The van der Waals surface area contributed by atoms with E-state index in [-0.39, 0.29) is 0 Å². The van der Waals surface area contributed by atoms with Crippen LogP contribution >= 0.6 is 0 Å². The fraction of sp³-hybridized carbons (Fsp3) is 0.385. The first-order valence-corrected chi connectivity index (χ1v) is 10.8. The maximum absolute atomic E-state index is 5.38. The third-order valence-electron chi connectivity index (χ3n) is 5.94. The summed E-state index contributed by atoms with van der Waals surface area (Å²) in [6, 6.07) is 16.5. The monoisotopic (exact) mass is 417 g/mol. The van der Waals surface area contributed by atoms with Gasteiger partial charge in [-0.2, -0.15) is 0 Å². The molecule has 0 radical (unpaired) electrons. The van der Waals surface area contributed by atoms with E-state index in [0.29, 0.717) is 5.75 Å². The maximum Gasteiger partial charge on any atom is 0.161 e. The van der Waals surface area contributed by atoms with E-state index in [1.54, 1.807) is 14.2 Å². The van der Waals surface area contributed by atoms with Crippen molar-refractivity contribution < 1.29 is 9.47 Å². The van der Waals surface area contributed by atoms with Crippen LogP contribution in [-0.4, -0.2) is 68.8 Å². The molecule has 0 fully saturated rings. The van der Waals surface area contributed by atoms with Crippen molar-refractivity contribution in [3.05, 3.63) is 70.9 Å². The molecule has 5 nitrogen and oxygen atoms in total. The van der Waals surface area contributed by atoms with Gasteiger partial charge < -0.3 is 14.4 Å². The van der Waals surface area contributed by atoms with Crippen LogP contribution < -0.4 is 9.47 Å². The molecular formula is C26H31N3O2. The minimum Gasteiger partial charge on any atom is -0.493 e. The Bertz CT molecular complexity index is 991. The molecule has 0 saturated carbocycles. The van der Waals surface area contributed by atoms with Crippen molar-refractivity contribution in [1.29, 1.82) is 0 Å². The first-order valence-electron chi connectivity index (χ1n) is 10.8. The van der Waals surface area contributed by atoms with E-state index in [4.69, 9.17) is 9.47 Å². The molecule has 31 heavy (non-hydrogen) atoms. The molecule has 0 aromatic heterocycles. The van der Waals surface area contributed by atoms with E-state index in [1.807, 2.05) is 18.2 Å². The summed E-state index contributed by atoms with van der Waals surface area (Å²) in [5.41, 5.74) is 5.37. The van der Waals surface area contributed by atoms with Crippen LogP contribution in [0.25, 0.3) is 0 Å². The summed E-state index contributed by atoms with van der Waals surface area (Å²) in [6.07, 6.45) is 1.10. The highest BCUT2D eigenvalue weighted by molar-refractivity contribution is 5.48. The average Bonchev–Trinajstić information content (AvgIpc) is 2.79. The van der Waals surface area contributed by atoms with Gasteiger partial charge in [0.15, 0.2) is 11.5 Å². The summed E-state index contributed by atoms with van der Waals surface area (Å²) in [5.74, 6) is 8.06. The lowest BCUT2D eigenvalue weighted by Gasteiger charge is -2.42. The van der Waals surface area contributed by atoms with Gasteiger partial charge in [-0.15, -0.1) is 0 Å². The van der Waals surface area contributed by atoms with Gasteiger partial charge in [-0.3, -0.25) is 9.80 Å². The quantitative estimate of drug-likeness (QED) is 0.695. The highest BCUT2D eigenvalue weighted by Crippen LogP contribution is 2.28. The van der Waals surface area contributed by atoms with Gasteiger partial charge in [0.2, 0.25) is 0 Å². The van der Waals surface area contributed by atoms with E-state index >= 15 is 0 Å². The molecule has 0 spiro atoms. The number of rotatable bonds is 5. The molecule has 2 aromatic rings. The number of hydrogen-bond acceptors (Lipinski definition) is 5. The lowest BCUT2D eigenvalue weighted by atomic mass is 10.0. The van der Waals surface area contributed by atoms with Gasteiger partial charge in [-0.25, -0.2) is 0 Å². The van der Waals surface area contributed by atoms with Gasteiger partial charge >= 0.3 is 0 Å². The molecule has 2 aliphatic rings. The van der Waals surface area contributed by atoms with E-state index in [0.717, 1.165) is 57.1 Å². The SMILES string of the molecule is COc1ccc(C#CCN2CCC3=C(C2)CN(Cc2ccccc2)CN3C)cc1OC. The molecule has 2 aliphatic heterocycles. The van der Waals surface area contributed by atoms with Crippen LogP contribution in [0.5, 0.6) is 11.5 Å². The Kier molecular flexibility index (Phi) is 6.81. The van der Waals surface area contributed by atoms with Crippen LogP contribution in [0, 0.1) is 11.8 Å². The Morgan fingerprint density at radius 2 is 1.71 bits per heavy atom. The van der Waals surface area contributed by atoms with Crippen molar-refractivity contribution in [3.63, 3.8) is 0 Å². The predicted molar refractivity (Wildman–Crippen MR) is 124 cm³/mol. The van der Waals surface area contributed by atoms with Gasteiger partial charge in [0.05, 0.1) is 27.4 Å². The third kappa shape index (κ3) is 5.22. The second-order valence-corrected chi connectivity index (χ2v) is 8.19. The van der Waals surface area contributed by atoms with Crippen LogP contribution in [0.3, 0.4) is 0 Å². The summed E-state index contributed by atoms with van der Waals surface area (Å²) in [5, 5.41) is 0. The van der Waals surface area contributed by atoms with Gasteiger partial charge in [0.1, 0.15) is 0 Å². The zero-order chi connectivity index (χ0) is 21.6. The zero-order valence-electron chi connectivity index (χ0n) is 18.7. The molecular weight excluding hydrogens is 386 g/mol. The maximum atomic E-state index is 5.38. The van der Waals surface area contributed by atoms with Crippen LogP contribution in [0.4, 0.5) is 0 Å². The predicted octanol–water partition coefficient (Wildman–Crippen LogP) is 3.42. The lowest BCUT2D eigenvalue weighted by Crippen LogP contribution is -2.47. The van der Waals surface area contributed by atoms with Crippen LogP contribution in [0.1, 0.15) is 17.5 Å². The van der Waals surface area contributed by atoms with E-state index in [2.05, 4.69) is 63.9 Å². The molecule has 0 amide bonds. The van der Waals surface area contributed by atoms with Crippen molar-refractivity contribution in [2.24, 2.45) is 0 Å². The van der Waals surface area contributed by atoms with Crippen LogP contribution in [0.2, 0.25) is 0 Å². The Morgan fingerprint density at radius 1 is 0.935 bits per heavy atom. The number of methoxy groups -OCH3 is 2. The molecule has 0 aliphatic carbocycles. The fourth-order valence-corrected chi connectivity index (χ4v) is 4.44. The number of ether oxygens (including phenoxy) is 2. The Balaban J connectivity index is 1.37. The average molecular weight is 418 g/mol. The number of benzene rings is 2. The Morgan fingerprint density at radius 3 is 2.48 bits per heavy atom. The van der Waals surface area contributed by atoms with Crippen molar-refractivity contribution in [3.8, 4) is 23.3 Å². The zero-order valence-corrected chi connectivity index (χ0v) is 18.7.